The summed E-state index contributed by atoms with van der Waals surface area (Å²) in [6.07, 6.45) is 0.738. The van der Waals surface area contributed by atoms with Crippen LogP contribution in [0.15, 0.2) is 48.5 Å². The van der Waals surface area contributed by atoms with Crippen LogP contribution < -0.4 is 10.6 Å². The molecular weight excluding hydrogens is 382 g/mol. The fourth-order valence-corrected chi connectivity index (χ4v) is 4.08. The zero-order valence-corrected chi connectivity index (χ0v) is 18.4. The first-order chi connectivity index (χ1) is 13.9. The summed E-state index contributed by atoms with van der Waals surface area (Å²) in [6, 6.07) is 16.2. The number of carbonyl (C=O) groups is 1. The first-order valence-electron chi connectivity index (χ1n) is 10.5. The average Bonchev–Trinajstić information content (AvgIpc) is 2.74. The van der Waals surface area contributed by atoms with Crippen molar-refractivity contribution in [2.45, 2.75) is 33.2 Å². The van der Waals surface area contributed by atoms with E-state index >= 15 is 0 Å². The van der Waals surface area contributed by atoms with Crippen LogP contribution in [0.4, 0.5) is 5.69 Å². The summed E-state index contributed by atoms with van der Waals surface area (Å²) in [5.41, 5.74) is 9.98. The molecule has 0 aliphatic carbocycles. The van der Waals surface area contributed by atoms with Crippen LogP contribution in [0.2, 0.25) is 5.02 Å². The standard InChI is InChI=1S/C24H32ClN3O/c1-17(2)23(26)21-6-4-5-7-22(21)27-12-14-28(15-13-27)24(29)18(3)16-19-8-10-20(25)11-9-19/h4-11,17-18,23H,12-16,26H2,1-3H3/t18-,23+/m1/s1. The summed E-state index contributed by atoms with van der Waals surface area (Å²) in [6.45, 7) is 9.48. The Kier molecular flexibility index (Phi) is 7.20. The van der Waals surface area contributed by atoms with E-state index in [1.165, 1.54) is 11.3 Å². The lowest BCUT2D eigenvalue weighted by molar-refractivity contribution is -0.135. The molecule has 0 saturated carbocycles. The summed E-state index contributed by atoms with van der Waals surface area (Å²) in [7, 11) is 0. The quantitative estimate of drug-likeness (QED) is 0.757. The zero-order chi connectivity index (χ0) is 21.0. The van der Waals surface area contributed by atoms with E-state index in [0.717, 1.165) is 43.2 Å². The number of para-hydroxylation sites is 1. The molecule has 1 aliphatic rings. The van der Waals surface area contributed by atoms with Crippen molar-refractivity contribution in [2.75, 3.05) is 31.1 Å². The SMILES string of the molecule is CC(C)[C@H](N)c1ccccc1N1CCN(C(=O)[C@H](C)Cc2ccc(Cl)cc2)CC1. The van der Waals surface area contributed by atoms with Crippen molar-refractivity contribution in [3.05, 3.63) is 64.7 Å². The largest absolute Gasteiger partial charge is 0.368 e. The lowest BCUT2D eigenvalue weighted by atomic mass is 9.95. The molecule has 1 fully saturated rings. The van der Waals surface area contributed by atoms with E-state index in [0.29, 0.717) is 5.92 Å². The summed E-state index contributed by atoms with van der Waals surface area (Å²) < 4.78 is 0. The average molecular weight is 414 g/mol. The van der Waals surface area contributed by atoms with Gasteiger partial charge in [0, 0.05) is 48.8 Å². The molecule has 0 aromatic heterocycles. The maximum absolute atomic E-state index is 12.9. The molecule has 1 heterocycles. The highest BCUT2D eigenvalue weighted by Crippen LogP contribution is 2.30. The lowest BCUT2D eigenvalue weighted by Crippen LogP contribution is -2.50. The Bertz CT molecular complexity index is 813. The number of hydrogen-bond acceptors (Lipinski definition) is 3. The number of benzene rings is 2. The van der Waals surface area contributed by atoms with Crippen molar-refractivity contribution in [3.63, 3.8) is 0 Å². The Morgan fingerprint density at radius 2 is 1.62 bits per heavy atom. The fourth-order valence-electron chi connectivity index (χ4n) is 3.96. The second-order valence-electron chi connectivity index (χ2n) is 8.37. The third-order valence-corrected chi connectivity index (χ3v) is 6.07. The molecule has 4 nitrogen and oxygen atoms in total. The summed E-state index contributed by atoms with van der Waals surface area (Å²) in [5, 5.41) is 0.723. The summed E-state index contributed by atoms with van der Waals surface area (Å²) in [5.74, 6) is 0.573. The third kappa shape index (κ3) is 5.31. The molecule has 156 valence electrons. The summed E-state index contributed by atoms with van der Waals surface area (Å²) >= 11 is 5.96. The van der Waals surface area contributed by atoms with E-state index in [4.69, 9.17) is 17.3 Å². The molecule has 1 saturated heterocycles. The van der Waals surface area contributed by atoms with E-state index in [9.17, 15) is 4.79 Å². The van der Waals surface area contributed by atoms with E-state index in [-0.39, 0.29) is 17.9 Å². The second-order valence-corrected chi connectivity index (χ2v) is 8.81. The van der Waals surface area contributed by atoms with Gasteiger partial charge in [-0.25, -0.2) is 0 Å². The van der Waals surface area contributed by atoms with Gasteiger partial charge in [0.25, 0.3) is 0 Å². The van der Waals surface area contributed by atoms with Crippen LogP contribution in [0, 0.1) is 11.8 Å². The Labute approximate surface area is 179 Å². The van der Waals surface area contributed by atoms with Crippen LogP contribution >= 0.6 is 11.6 Å². The lowest BCUT2D eigenvalue weighted by Gasteiger charge is -2.38. The molecular formula is C24H32ClN3O. The highest BCUT2D eigenvalue weighted by molar-refractivity contribution is 6.30. The van der Waals surface area contributed by atoms with E-state index in [1.807, 2.05) is 36.1 Å². The first-order valence-corrected chi connectivity index (χ1v) is 10.9. The Balaban J connectivity index is 1.60. The van der Waals surface area contributed by atoms with E-state index in [1.54, 1.807) is 0 Å². The molecule has 0 bridgehead atoms. The topological polar surface area (TPSA) is 49.6 Å². The van der Waals surface area contributed by atoms with Crippen molar-refractivity contribution < 1.29 is 4.79 Å². The normalized spacial score (nSPS) is 16.8. The van der Waals surface area contributed by atoms with Crippen LogP contribution in [0.3, 0.4) is 0 Å². The predicted molar refractivity (Wildman–Crippen MR) is 121 cm³/mol. The minimum absolute atomic E-state index is 0.0188. The third-order valence-electron chi connectivity index (χ3n) is 5.82. The number of anilines is 1. The van der Waals surface area contributed by atoms with Crippen molar-refractivity contribution in [1.29, 1.82) is 0 Å². The van der Waals surface area contributed by atoms with Crippen LogP contribution in [-0.2, 0) is 11.2 Å². The number of rotatable bonds is 6. The van der Waals surface area contributed by atoms with Gasteiger partial charge < -0.3 is 15.5 Å². The Morgan fingerprint density at radius 3 is 2.24 bits per heavy atom. The zero-order valence-electron chi connectivity index (χ0n) is 17.6. The number of nitrogens with two attached hydrogens (primary N) is 1. The van der Waals surface area contributed by atoms with Gasteiger partial charge in [0.15, 0.2) is 0 Å². The molecule has 1 amide bonds. The highest BCUT2D eigenvalue weighted by Gasteiger charge is 2.27. The van der Waals surface area contributed by atoms with Crippen molar-refractivity contribution >= 4 is 23.2 Å². The molecule has 2 atom stereocenters. The van der Waals surface area contributed by atoms with Gasteiger partial charge in [-0.1, -0.05) is 62.7 Å². The van der Waals surface area contributed by atoms with Crippen LogP contribution in [-0.4, -0.2) is 37.0 Å². The minimum Gasteiger partial charge on any atom is -0.368 e. The molecule has 0 spiro atoms. The molecule has 29 heavy (non-hydrogen) atoms. The molecule has 2 aromatic carbocycles. The molecule has 5 heteroatoms. The number of nitrogens with zero attached hydrogens (tertiary/aromatic N) is 2. The maximum Gasteiger partial charge on any atom is 0.225 e. The fraction of sp³-hybridized carbons (Fsp3) is 0.458. The van der Waals surface area contributed by atoms with Gasteiger partial charge in [-0.15, -0.1) is 0 Å². The van der Waals surface area contributed by atoms with Crippen molar-refractivity contribution in [3.8, 4) is 0 Å². The molecule has 1 aliphatic heterocycles. The monoisotopic (exact) mass is 413 g/mol. The molecule has 2 aromatic rings. The van der Waals surface area contributed by atoms with Crippen LogP contribution in [0.1, 0.15) is 37.9 Å². The van der Waals surface area contributed by atoms with Crippen LogP contribution in [0.5, 0.6) is 0 Å². The van der Waals surface area contributed by atoms with Gasteiger partial charge in [0.2, 0.25) is 5.91 Å². The van der Waals surface area contributed by atoms with Gasteiger partial charge in [0.1, 0.15) is 0 Å². The minimum atomic E-state index is -0.0376. The van der Waals surface area contributed by atoms with Crippen molar-refractivity contribution in [1.82, 2.24) is 4.90 Å². The van der Waals surface area contributed by atoms with Gasteiger partial charge in [-0.3, -0.25) is 4.79 Å². The maximum atomic E-state index is 12.9. The Hall–Kier alpha value is -2.04. The summed E-state index contributed by atoms with van der Waals surface area (Å²) in [4.78, 5) is 17.3. The van der Waals surface area contributed by atoms with E-state index < -0.39 is 0 Å². The van der Waals surface area contributed by atoms with Crippen LogP contribution in [0.25, 0.3) is 0 Å². The van der Waals surface area contributed by atoms with Gasteiger partial charge in [0.05, 0.1) is 0 Å². The van der Waals surface area contributed by atoms with Gasteiger partial charge in [-0.05, 0) is 41.7 Å². The molecule has 2 N–H and O–H groups in total. The smallest absolute Gasteiger partial charge is 0.225 e. The van der Waals surface area contributed by atoms with Gasteiger partial charge >= 0.3 is 0 Å². The van der Waals surface area contributed by atoms with Gasteiger partial charge in [-0.2, -0.15) is 0 Å². The van der Waals surface area contributed by atoms with E-state index in [2.05, 4.69) is 43.0 Å². The van der Waals surface area contributed by atoms with Crippen molar-refractivity contribution in [2.24, 2.45) is 17.6 Å². The first kappa shape index (κ1) is 21.7. The number of hydrogen-bond donors (Lipinski definition) is 1. The molecule has 0 unspecified atom stereocenters. The number of piperazine rings is 1. The number of carbonyl (C=O) groups excluding carboxylic acids is 1. The number of halogens is 1. The number of amides is 1. The second kappa shape index (κ2) is 9.64. The molecule has 3 rings (SSSR count). The predicted octanol–water partition coefficient (Wildman–Crippen LogP) is 4.52. The highest BCUT2D eigenvalue weighted by atomic mass is 35.5. The Morgan fingerprint density at radius 1 is 1.00 bits per heavy atom. The molecule has 0 radical (unpaired) electrons.